The third-order valence-corrected chi connectivity index (χ3v) is 4.72. The Balaban J connectivity index is 1.66. The van der Waals surface area contributed by atoms with E-state index < -0.39 is 29.4 Å². The van der Waals surface area contributed by atoms with Gasteiger partial charge in [-0.3, -0.25) is 9.59 Å². The Hall–Kier alpha value is -4.68. The van der Waals surface area contributed by atoms with Gasteiger partial charge in [0.1, 0.15) is 11.5 Å². The molecular formula is C21H17F3N8O2. The molecule has 0 atom stereocenters. The van der Waals surface area contributed by atoms with Crippen LogP contribution in [0.2, 0.25) is 0 Å². The first kappa shape index (κ1) is 22.5. The molecule has 2 aromatic carbocycles. The SMILES string of the molecule is Cc1nc(N)n(-c2ccc(NC(=O)c3cc(C(F)(F)F)nn3-c3cccc(C(N)=O)c3)cc2)n1. The average Bonchev–Trinajstić information content (AvgIpc) is 3.38. The predicted octanol–water partition coefficient (Wildman–Crippen LogP) is 2.71. The van der Waals surface area contributed by atoms with Gasteiger partial charge in [0.15, 0.2) is 5.69 Å². The molecule has 0 spiro atoms. The zero-order valence-electron chi connectivity index (χ0n) is 17.5. The number of nitrogens with zero attached hydrogens (tertiary/aromatic N) is 5. The van der Waals surface area contributed by atoms with Gasteiger partial charge < -0.3 is 16.8 Å². The third-order valence-electron chi connectivity index (χ3n) is 4.72. The highest BCUT2D eigenvalue weighted by atomic mass is 19.4. The summed E-state index contributed by atoms with van der Waals surface area (Å²) in [5.74, 6) is -0.976. The molecule has 34 heavy (non-hydrogen) atoms. The summed E-state index contributed by atoms with van der Waals surface area (Å²) in [5.41, 5.74) is 10.4. The number of primary amides is 1. The van der Waals surface area contributed by atoms with Crippen LogP contribution in [0.4, 0.5) is 24.8 Å². The van der Waals surface area contributed by atoms with Gasteiger partial charge in [-0.2, -0.15) is 27.9 Å². The van der Waals surface area contributed by atoms with E-state index in [-0.39, 0.29) is 17.2 Å². The van der Waals surface area contributed by atoms with Crippen molar-refractivity contribution in [2.45, 2.75) is 13.1 Å². The van der Waals surface area contributed by atoms with Crippen molar-refractivity contribution >= 4 is 23.5 Å². The minimum Gasteiger partial charge on any atom is -0.368 e. The summed E-state index contributed by atoms with van der Waals surface area (Å²) in [6, 6.07) is 12.4. The van der Waals surface area contributed by atoms with E-state index in [2.05, 4.69) is 20.5 Å². The molecule has 4 aromatic rings. The summed E-state index contributed by atoms with van der Waals surface area (Å²) in [6.07, 6.45) is -4.79. The summed E-state index contributed by atoms with van der Waals surface area (Å²) in [5, 5.41) is 10.2. The summed E-state index contributed by atoms with van der Waals surface area (Å²) >= 11 is 0. The van der Waals surface area contributed by atoms with Crippen LogP contribution in [0, 0.1) is 6.92 Å². The maximum absolute atomic E-state index is 13.3. The lowest BCUT2D eigenvalue weighted by Gasteiger charge is -2.10. The van der Waals surface area contributed by atoms with Crippen molar-refractivity contribution < 1.29 is 22.8 Å². The summed E-state index contributed by atoms with van der Waals surface area (Å²) < 4.78 is 42.2. The lowest BCUT2D eigenvalue weighted by Crippen LogP contribution is -2.18. The van der Waals surface area contributed by atoms with Crippen LogP contribution in [0.1, 0.15) is 32.4 Å². The molecule has 10 nitrogen and oxygen atoms in total. The number of nitrogen functional groups attached to an aromatic ring is 1. The smallest absolute Gasteiger partial charge is 0.368 e. The van der Waals surface area contributed by atoms with Crippen molar-refractivity contribution in [2.75, 3.05) is 11.1 Å². The second kappa shape index (κ2) is 8.35. The monoisotopic (exact) mass is 470 g/mol. The number of carbonyl (C=O) groups excluding carboxylic acids is 2. The Morgan fingerprint density at radius 3 is 2.26 bits per heavy atom. The van der Waals surface area contributed by atoms with E-state index in [1.54, 1.807) is 19.1 Å². The number of hydrogen-bond donors (Lipinski definition) is 3. The highest BCUT2D eigenvalue weighted by molar-refractivity contribution is 6.03. The summed E-state index contributed by atoms with van der Waals surface area (Å²) in [6.45, 7) is 1.68. The van der Waals surface area contributed by atoms with Crippen LogP contribution in [-0.2, 0) is 6.18 Å². The number of nitrogens with two attached hydrogens (primary N) is 2. The van der Waals surface area contributed by atoms with E-state index in [9.17, 15) is 22.8 Å². The number of benzene rings is 2. The van der Waals surface area contributed by atoms with Crippen molar-refractivity contribution in [3.05, 3.63) is 77.4 Å². The number of alkyl halides is 3. The van der Waals surface area contributed by atoms with Crippen molar-refractivity contribution in [3.8, 4) is 11.4 Å². The highest BCUT2D eigenvalue weighted by Crippen LogP contribution is 2.30. The van der Waals surface area contributed by atoms with Crippen molar-refractivity contribution in [1.29, 1.82) is 0 Å². The molecular weight excluding hydrogens is 453 g/mol. The van der Waals surface area contributed by atoms with Gasteiger partial charge in [0.2, 0.25) is 11.9 Å². The molecule has 0 aliphatic heterocycles. The number of anilines is 2. The highest BCUT2D eigenvalue weighted by Gasteiger charge is 2.36. The molecule has 2 heterocycles. The molecule has 2 amide bonds. The number of hydrogen-bond acceptors (Lipinski definition) is 6. The molecule has 0 radical (unpaired) electrons. The van der Waals surface area contributed by atoms with E-state index in [4.69, 9.17) is 11.5 Å². The minimum atomic E-state index is -4.79. The van der Waals surface area contributed by atoms with Gasteiger partial charge in [-0.25, -0.2) is 4.68 Å². The quantitative estimate of drug-likeness (QED) is 0.409. The average molecular weight is 470 g/mol. The number of aromatic nitrogens is 5. The minimum absolute atomic E-state index is 0.0473. The second-order valence-electron chi connectivity index (χ2n) is 7.17. The normalized spacial score (nSPS) is 11.4. The van der Waals surface area contributed by atoms with Crippen molar-refractivity contribution in [2.24, 2.45) is 5.73 Å². The Morgan fingerprint density at radius 1 is 0.971 bits per heavy atom. The number of aryl methyl sites for hydroxylation is 1. The molecule has 13 heteroatoms. The number of nitrogens with one attached hydrogen (secondary N) is 1. The Kier molecular flexibility index (Phi) is 5.53. The fourth-order valence-electron chi connectivity index (χ4n) is 3.17. The molecule has 174 valence electrons. The van der Waals surface area contributed by atoms with Gasteiger partial charge in [0.05, 0.1) is 11.4 Å². The van der Waals surface area contributed by atoms with Crippen LogP contribution in [0.3, 0.4) is 0 Å². The zero-order valence-corrected chi connectivity index (χ0v) is 17.5. The fraction of sp³-hybridized carbons (Fsp3) is 0.0952. The van der Waals surface area contributed by atoms with Gasteiger partial charge in [-0.1, -0.05) is 6.07 Å². The zero-order chi connectivity index (χ0) is 24.6. The van der Waals surface area contributed by atoms with Gasteiger partial charge >= 0.3 is 6.18 Å². The summed E-state index contributed by atoms with van der Waals surface area (Å²) in [7, 11) is 0. The maximum atomic E-state index is 13.3. The first-order valence-corrected chi connectivity index (χ1v) is 9.71. The molecule has 5 N–H and O–H groups in total. The van der Waals surface area contributed by atoms with Crippen LogP contribution >= 0.6 is 0 Å². The van der Waals surface area contributed by atoms with Crippen LogP contribution < -0.4 is 16.8 Å². The molecule has 0 saturated carbocycles. The Labute approximate surface area is 190 Å². The van der Waals surface area contributed by atoms with Crippen LogP contribution in [0.25, 0.3) is 11.4 Å². The lowest BCUT2D eigenvalue weighted by molar-refractivity contribution is -0.141. The molecule has 0 unspecified atom stereocenters. The number of carbonyl (C=O) groups is 2. The Bertz CT molecular complexity index is 1390. The molecule has 2 aromatic heterocycles. The molecule has 0 saturated heterocycles. The van der Waals surface area contributed by atoms with Gasteiger partial charge in [-0.15, -0.1) is 5.10 Å². The first-order valence-electron chi connectivity index (χ1n) is 9.71. The maximum Gasteiger partial charge on any atom is 0.435 e. The van der Waals surface area contributed by atoms with Crippen molar-refractivity contribution in [3.63, 3.8) is 0 Å². The van der Waals surface area contributed by atoms with E-state index in [0.717, 1.165) is 4.68 Å². The van der Waals surface area contributed by atoms with E-state index in [1.165, 1.54) is 41.1 Å². The molecule has 0 aliphatic rings. The topological polar surface area (TPSA) is 147 Å². The van der Waals surface area contributed by atoms with Gasteiger partial charge in [0, 0.05) is 17.3 Å². The van der Waals surface area contributed by atoms with E-state index in [1.807, 2.05) is 0 Å². The van der Waals surface area contributed by atoms with Crippen LogP contribution in [-0.4, -0.2) is 36.4 Å². The number of rotatable bonds is 5. The molecule has 0 fully saturated rings. The van der Waals surface area contributed by atoms with E-state index in [0.29, 0.717) is 23.3 Å². The molecule has 0 aliphatic carbocycles. The largest absolute Gasteiger partial charge is 0.435 e. The van der Waals surface area contributed by atoms with E-state index >= 15 is 0 Å². The summed E-state index contributed by atoms with van der Waals surface area (Å²) in [4.78, 5) is 28.4. The predicted molar refractivity (Wildman–Crippen MR) is 116 cm³/mol. The van der Waals surface area contributed by atoms with Gasteiger partial charge in [0.25, 0.3) is 5.91 Å². The second-order valence-corrected chi connectivity index (χ2v) is 7.17. The van der Waals surface area contributed by atoms with Crippen LogP contribution in [0.5, 0.6) is 0 Å². The number of amides is 2. The van der Waals surface area contributed by atoms with Crippen molar-refractivity contribution in [1.82, 2.24) is 24.5 Å². The fourth-order valence-corrected chi connectivity index (χ4v) is 3.17. The molecule has 0 bridgehead atoms. The number of halogens is 3. The standard InChI is InChI=1S/C21H17F3N8O2/c1-11-27-20(26)32(29-11)14-7-5-13(6-8-14)28-19(34)16-10-17(21(22,23)24)30-31(16)15-4-2-3-12(9-15)18(25)33/h2-10H,1H3,(H2,25,33)(H,28,34)(H2,26,27,29). The lowest BCUT2D eigenvalue weighted by atomic mass is 10.2. The third kappa shape index (κ3) is 4.44. The van der Waals surface area contributed by atoms with Crippen LogP contribution in [0.15, 0.2) is 54.6 Å². The van der Waals surface area contributed by atoms with Gasteiger partial charge in [-0.05, 0) is 49.4 Å². The Morgan fingerprint density at radius 2 is 1.68 bits per heavy atom. The first-order chi connectivity index (χ1) is 16.0. The molecule has 4 rings (SSSR count).